The number of fused-ring (bicyclic) bond motifs is 2. The number of allylic oxidation sites excluding steroid dienone is 4. The topological polar surface area (TPSA) is 221 Å². The van der Waals surface area contributed by atoms with Gasteiger partial charge in [0.2, 0.25) is 11.6 Å². The minimum absolute atomic E-state index is 0.0696. The summed E-state index contributed by atoms with van der Waals surface area (Å²) in [4.78, 5) is 52.7. The van der Waals surface area contributed by atoms with Crippen LogP contribution in [0.5, 0.6) is 0 Å². The van der Waals surface area contributed by atoms with E-state index in [4.69, 9.17) is 25.2 Å². The zero-order chi connectivity index (χ0) is 39.5. The number of Topliss-reactive ketones (excluding diaryl/α,β-unsaturated/α-hetero) is 1. The number of nitrogens with zero attached hydrogens (tertiary/aromatic N) is 4. The van der Waals surface area contributed by atoms with Crippen molar-refractivity contribution in [1.82, 2.24) is 25.6 Å². The molecule has 1 aromatic carbocycles. The van der Waals surface area contributed by atoms with E-state index >= 15 is 0 Å². The van der Waals surface area contributed by atoms with Crippen LogP contribution in [0.4, 0.5) is 4.79 Å². The number of aliphatic hydroxyl groups excluding tert-OH is 1. The predicted molar refractivity (Wildman–Crippen MR) is 197 cm³/mol. The van der Waals surface area contributed by atoms with Crippen LogP contribution in [0.1, 0.15) is 57.4 Å². The number of aromatic nitrogens is 3. The number of rotatable bonds is 8. The highest BCUT2D eigenvalue weighted by molar-refractivity contribution is 6.23. The van der Waals surface area contributed by atoms with Gasteiger partial charge < -0.3 is 35.7 Å². The number of nitriles is 1. The Hall–Kier alpha value is -5.69. The maximum Gasteiger partial charge on any atom is 0.405 e. The molecule has 2 amide bonds. The Morgan fingerprint density at radius 1 is 1.15 bits per heavy atom. The molecule has 5 N–H and O–H groups in total. The van der Waals surface area contributed by atoms with Gasteiger partial charge in [-0.25, -0.2) is 9.48 Å². The summed E-state index contributed by atoms with van der Waals surface area (Å²) >= 11 is 0. The molecule has 0 radical (unpaired) electrons. The number of nitrogens with one attached hydrogen (secondary N) is 2. The van der Waals surface area contributed by atoms with E-state index in [2.05, 4.69) is 27.0 Å². The monoisotopic (exact) mass is 741 g/mol. The molecule has 15 heteroatoms. The Bertz CT molecular complexity index is 1920. The third kappa shape index (κ3) is 10.7. The lowest BCUT2D eigenvalue weighted by Crippen LogP contribution is -2.37. The second-order valence-corrected chi connectivity index (χ2v) is 13.5. The fourth-order valence-corrected chi connectivity index (χ4v) is 6.33. The maximum atomic E-state index is 14.0. The van der Waals surface area contributed by atoms with E-state index < -0.39 is 53.9 Å². The number of ether oxygens (including phenoxy) is 3. The first-order valence-corrected chi connectivity index (χ1v) is 17.4. The second kappa shape index (κ2) is 18.9. The van der Waals surface area contributed by atoms with Crippen molar-refractivity contribution in [2.45, 2.75) is 78.0 Å². The average Bonchev–Trinajstić information content (AvgIpc) is 3.59. The van der Waals surface area contributed by atoms with Crippen LogP contribution in [0.2, 0.25) is 0 Å². The molecule has 2 aromatic rings. The van der Waals surface area contributed by atoms with Crippen LogP contribution in [0, 0.1) is 23.2 Å². The Morgan fingerprint density at radius 2 is 1.87 bits per heavy atom. The maximum absolute atomic E-state index is 14.0. The number of amides is 2. The van der Waals surface area contributed by atoms with Gasteiger partial charge in [0.25, 0.3) is 5.91 Å². The van der Waals surface area contributed by atoms with Crippen molar-refractivity contribution in [1.29, 1.82) is 5.26 Å². The lowest BCUT2D eigenvalue weighted by Gasteiger charge is -2.30. The van der Waals surface area contributed by atoms with Crippen molar-refractivity contribution in [3.63, 3.8) is 0 Å². The van der Waals surface area contributed by atoms with Crippen LogP contribution in [0.15, 0.2) is 89.0 Å². The van der Waals surface area contributed by atoms with Gasteiger partial charge in [-0.15, -0.1) is 5.10 Å². The molecule has 54 heavy (non-hydrogen) atoms. The van der Waals surface area contributed by atoms with Crippen molar-refractivity contribution < 1.29 is 38.5 Å². The lowest BCUT2D eigenvalue weighted by atomic mass is 9.85. The Labute approximate surface area is 314 Å². The smallest absolute Gasteiger partial charge is 0.405 e. The normalized spacial score (nSPS) is 27.1. The Kier molecular flexibility index (Phi) is 14.4. The Balaban J connectivity index is 1.65. The molecular formula is C39H47N7O8. The number of primary amides is 1. The molecule has 0 saturated heterocycles. The molecule has 0 unspecified atom stereocenters. The quantitative estimate of drug-likeness (QED) is 0.227. The van der Waals surface area contributed by atoms with E-state index in [1.54, 1.807) is 55.1 Å². The first kappa shape index (κ1) is 41.1. The fraction of sp³-hybridized carbons (Fsp3) is 0.410. The van der Waals surface area contributed by atoms with E-state index in [1.165, 1.54) is 27.2 Å². The summed E-state index contributed by atoms with van der Waals surface area (Å²) in [5.41, 5.74) is 8.19. The molecule has 2 heterocycles. The highest BCUT2D eigenvalue weighted by atomic mass is 16.6. The molecule has 0 saturated carbocycles. The number of carbonyl (C=O) groups is 4. The highest BCUT2D eigenvalue weighted by Gasteiger charge is 2.33. The largest absolute Gasteiger partial charge is 0.439 e. The van der Waals surface area contributed by atoms with Crippen LogP contribution < -0.4 is 16.4 Å². The van der Waals surface area contributed by atoms with Crippen molar-refractivity contribution in [3.8, 4) is 6.07 Å². The van der Waals surface area contributed by atoms with Gasteiger partial charge >= 0.3 is 6.09 Å². The van der Waals surface area contributed by atoms with E-state index in [-0.39, 0.29) is 41.4 Å². The molecule has 1 aliphatic carbocycles. The molecular weight excluding hydrogens is 694 g/mol. The number of nitrogens with two attached hydrogens (primary N) is 1. The van der Waals surface area contributed by atoms with E-state index in [9.17, 15) is 24.3 Å². The molecule has 1 aromatic heterocycles. The number of methoxy groups -OCH3 is 2. The van der Waals surface area contributed by atoms with Crippen LogP contribution >= 0.6 is 0 Å². The fourth-order valence-electron chi connectivity index (χ4n) is 6.33. The van der Waals surface area contributed by atoms with Crippen LogP contribution in [0.25, 0.3) is 0 Å². The van der Waals surface area contributed by atoms with Crippen molar-refractivity contribution in [2.75, 3.05) is 14.2 Å². The first-order chi connectivity index (χ1) is 25.7. The molecule has 15 nitrogen and oxygen atoms in total. The van der Waals surface area contributed by atoms with E-state index in [1.807, 2.05) is 19.1 Å². The summed E-state index contributed by atoms with van der Waals surface area (Å²) in [5.74, 6) is -2.42. The number of hydrogen-bond donors (Lipinski definition) is 4. The molecule has 0 spiro atoms. The average molecular weight is 742 g/mol. The number of hydrogen-bond acceptors (Lipinski definition) is 12. The van der Waals surface area contributed by atoms with Crippen LogP contribution in [-0.4, -0.2) is 82.3 Å². The SMILES string of the molecule is CO[C@H]1/C=C\C=C(/C)C(=O)NC2=CC(=O)C(NCc3cn(Cc4ccc(C#N)cc4)nn3)=C(C[C@@H](C)C[C@H](OC)[C@H](O)[C@@H](C)/C=C(\C)[C@@H]1OC(N)=O)C2=O. The minimum atomic E-state index is -1.02. The molecule has 0 fully saturated rings. The second-order valence-electron chi connectivity index (χ2n) is 13.5. The molecule has 4 rings (SSSR count). The van der Waals surface area contributed by atoms with E-state index in [0.29, 0.717) is 29.8 Å². The van der Waals surface area contributed by atoms with Gasteiger partial charge in [0.1, 0.15) is 11.8 Å². The van der Waals surface area contributed by atoms with Gasteiger partial charge in [-0.2, -0.15) is 5.26 Å². The van der Waals surface area contributed by atoms with E-state index in [0.717, 1.165) is 11.6 Å². The van der Waals surface area contributed by atoms with Gasteiger partial charge in [0.05, 0.1) is 54.5 Å². The van der Waals surface area contributed by atoms with Crippen LogP contribution in [0.3, 0.4) is 0 Å². The van der Waals surface area contributed by atoms with Gasteiger partial charge in [0.15, 0.2) is 6.10 Å². The van der Waals surface area contributed by atoms with Gasteiger partial charge in [-0.3, -0.25) is 14.4 Å². The van der Waals surface area contributed by atoms with Crippen LogP contribution in [-0.2, 0) is 41.7 Å². The van der Waals surface area contributed by atoms with Crippen molar-refractivity contribution in [2.24, 2.45) is 17.6 Å². The number of ketones is 2. The standard InChI is InChI=1S/C39H47N7O8/c1-22-14-29-34(42-19-28-21-46(45-44-28)20-27-12-10-26(18-40)11-13-27)31(47)17-30(36(29)49)43-38(50)23(2)8-7-9-32(52-5)37(54-39(41)51)25(4)16-24(3)35(48)33(15-22)53-6/h7-13,16-17,21-22,24,32-33,35,37,42,48H,14-15,19-20H2,1-6H3,(H2,41,51)(H,43,50)/b9-7-,23-8+,25-16+/t22-,24+,32+,33+,35-,37+/m1/s1. The van der Waals surface area contributed by atoms with Crippen molar-refractivity contribution >= 4 is 23.6 Å². The first-order valence-electron chi connectivity index (χ1n) is 17.4. The highest BCUT2D eigenvalue weighted by Crippen LogP contribution is 2.29. The molecule has 286 valence electrons. The number of carbonyl (C=O) groups excluding carboxylic acids is 4. The van der Waals surface area contributed by atoms with Gasteiger partial charge in [0, 0.05) is 37.4 Å². The summed E-state index contributed by atoms with van der Waals surface area (Å²) in [6.45, 7) is 7.42. The molecule has 6 atom stereocenters. The zero-order valence-corrected chi connectivity index (χ0v) is 31.2. The zero-order valence-electron chi connectivity index (χ0n) is 31.2. The minimum Gasteiger partial charge on any atom is -0.439 e. The Morgan fingerprint density at radius 3 is 2.52 bits per heavy atom. The summed E-state index contributed by atoms with van der Waals surface area (Å²) < 4.78 is 18.3. The number of aliphatic hydroxyl groups is 1. The summed E-state index contributed by atoms with van der Waals surface area (Å²) in [7, 11) is 2.90. The molecule has 1 aliphatic heterocycles. The number of benzene rings is 1. The third-order valence-electron chi connectivity index (χ3n) is 9.25. The van der Waals surface area contributed by atoms with Gasteiger partial charge in [-0.1, -0.05) is 55.5 Å². The lowest BCUT2D eigenvalue weighted by molar-refractivity contribution is -0.120. The summed E-state index contributed by atoms with van der Waals surface area (Å²) in [5, 5.41) is 34.5. The summed E-state index contributed by atoms with van der Waals surface area (Å²) in [6.07, 6.45) is 5.11. The molecule has 2 bridgehead atoms. The predicted octanol–water partition coefficient (Wildman–Crippen LogP) is 3.06. The third-order valence-corrected chi connectivity index (χ3v) is 9.25. The molecule has 2 aliphatic rings. The summed E-state index contributed by atoms with van der Waals surface area (Å²) in [6, 6.07) is 9.18. The van der Waals surface area contributed by atoms with Gasteiger partial charge in [-0.05, 0) is 55.9 Å². The van der Waals surface area contributed by atoms with Crippen molar-refractivity contribution in [3.05, 3.63) is 106 Å².